The van der Waals surface area contributed by atoms with Crippen LogP contribution in [-0.2, 0) is 20.7 Å². The summed E-state index contributed by atoms with van der Waals surface area (Å²) in [5.74, 6) is -1.40. The highest BCUT2D eigenvalue weighted by Gasteiger charge is 2.48. The van der Waals surface area contributed by atoms with Crippen molar-refractivity contribution < 1.29 is 19.4 Å². The second-order valence-corrected chi connectivity index (χ2v) is 9.41. The van der Waals surface area contributed by atoms with Gasteiger partial charge in [0.2, 0.25) is 0 Å². The molecule has 0 saturated carbocycles. The predicted molar refractivity (Wildman–Crippen MR) is 134 cm³/mol. The Balaban J connectivity index is 1.85. The van der Waals surface area contributed by atoms with E-state index in [0.29, 0.717) is 29.3 Å². The average molecular weight is 513 g/mol. The number of carbonyl (C=O) groups is 2. The smallest absolute Gasteiger partial charge is 0.326 e. The van der Waals surface area contributed by atoms with Crippen LogP contribution >= 0.6 is 23.2 Å². The SMILES string of the molecule is CCC[C@H](C(=O)O)N1C(=O)[C@H](Cc2ccncc2)O[C@@H](c2ccc(Cl)cc2)[C@H]1c1ccc(Cl)cc1. The first kappa shape index (κ1) is 25.2. The fourth-order valence-corrected chi connectivity index (χ4v) is 4.79. The maximum absolute atomic E-state index is 13.9. The molecule has 0 spiro atoms. The first-order valence-electron chi connectivity index (χ1n) is 11.5. The van der Waals surface area contributed by atoms with Gasteiger partial charge in [-0.15, -0.1) is 0 Å². The molecule has 182 valence electrons. The third-order valence-corrected chi connectivity index (χ3v) is 6.69. The predicted octanol–water partition coefficient (Wildman–Crippen LogP) is 5.89. The van der Waals surface area contributed by atoms with Crippen LogP contribution in [0.2, 0.25) is 10.0 Å². The van der Waals surface area contributed by atoms with Gasteiger partial charge in [0.1, 0.15) is 18.2 Å². The van der Waals surface area contributed by atoms with Gasteiger partial charge in [-0.05, 0) is 59.5 Å². The van der Waals surface area contributed by atoms with Crippen molar-refractivity contribution in [2.75, 3.05) is 0 Å². The number of carboxylic acid groups (broad SMARTS) is 1. The Morgan fingerprint density at radius 3 is 2.11 bits per heavy atom. The van der Waals surface area contributed by atoms with Crippen molar-refractivity contribution in [3.63, 3.8) is 0 Å². The van der Waals surface area contributed by atoms with E-state index in [9.17, 15) is 14.7 Å². The molecule has 8 heteroatoms. The van der Waals surface area contributed by atoms with E-state index in [-0.39, 0.29) is 5.91 Å². The number of ether oxygens (including phenoxy) is 1. The van der Waals surface area contributed by atoms with E-state index >= 15 is 0 Å². The van der Waals surface area contributed by atoms with Crippen molar-refractivity contribution in [3.05, 3.63) is 99.8 Å². The molecule has 1 saturated heterocycles. The minimum Gasteiger partial charge on any atom is -0.480 e. The molecule has 1 N–H and O–H groups in total. The van der Waals surface area contributed by atoms with Crippen LogP contribution in [0.4, 0.5) is 0 Å². The van der Waals surface area contributed by atoms with Crippen LogP contribution in [0.1, 0.15) is 48.6 Å². The molecule has 4 atom stereocenters. The lowest BCUT2D eigenvalue weighted by atomic mass is 9.89. The number of hydrogen-bond donors (Lipinski definition) is 1. The van der Waals surface area contributed by atoms with Crippen molar-refractivity contribution in [1.29, 1.82) is 0 Å². The molecule has 1 aliphatic rings. The minimum absolute atomic E-state index is 0.299. The van der Waals surface area contributed by atoms with Gasteiger partial charge in [-0.1, -0.05) is 60.8 Å². The van der Waals surface area contributed by atoms with Gasteiger partial charge in [0.15, 0.2) is 0 Å². The van der Waals surface area contributed by atoms with Gasteiger partial charge in [0, 0.05) is 28.9 Å². The summed E-state index contributed by atoms with van der Waals surface area (Å²) in [5.41, 5.74) is 2.42. The quantitative estimate of drug-likeness (QED) is 0.406. The summed E-state index contributed by atoms with van der Waals surface area (Å²) in [7, 11) is 0. The number of halogens is 2. The van der Waals surface area contributed by atoms with Crippen molar-refractivity contribution >= 4 is 35.1 Å². The van der Waals surface area contributed by atoms with E-state index in [4.69, 9.17) is 27.9 Å². The fourth-order valence-electron chi connectivity index (χ4n) is 4.54. The molecular weight excluding hydrogens is 487 g/mol. The van der Waals surface area contributed by atoms with Gasteiger partial charge in [0.25, 0.3) is 5.91 Å². The molecule has 1 aliphatic heterocycles. The summed E-state index contributed by atoms with van der Waals surface area (Å²) >= 11 is 12.3. The zero-order valence-corrected chi connectivity index (χ0v) is 20.7. The molecule has 1 fully saturated rings. The number of aliphatic carboxylic acids is 1. The highest BCUT2D eigenvalue weighted by atomic mass is 35.5. The van der Waals surface area contributed by atoms with Crippen LogP contribution in [-0.4, -0.2) is 39.0 Å². The number of benzene rings is 2. The van der Waals surface area contributed by atoms with Crippen LogP contribution in [0.15, 0.2) is 73.1 Å². The van der Waals surface area contributed by atoms with Crippen LogP contribution in [0.25, 0.3) is 0 Å². The number of carboxylic acids is 1. The van der Waals surface area contributed by atoms with E-state index in [0.717, 1.165) is 16.7 Å². The van der Waals surface area contributed by atoms with Crippen LogP contribution in [0.3, 0.4) is 0 Å². The van der Waals surface area contributed by atoms with E-state index in [1.807, 2.05) is 43.3 Å². The molecule has 35 heavy (non-hydrogen) atoms. The molecule has 1 aromatic heterocycles. The molecule has 0 radical (unpaired) electrons. The minimum atomic E-state index is -1.04. The highest BCUT2D eigenvalue weighted by molar-refractivity contribution is 6.30. The topological polar surface area (TPSA) is 79.7 Å². The lowest BCUT2D eigenvalue weighted by Crippen LogP contribution is -2.57. The normalized spacial score (nSPS) is 21.1. The van der Waals surface area contributed by atoms with Crippen LogP contribution in [0.5, 0.6) is 0 Å². The van der Waals surface area contributed by atoms with Crippen molar-refractivity contribution in [1.82, 2.24) is 9.88 Å². The summed E-state index contributed by atoms with van der Waals surface area (Å²) < 4.78 is 6.48. The number of rotatable bonds is 8. The van der Waals surface area contributed by atoms with E-state index in [2.05, 4.69) is 4.98 Å². The Morgan fingerprint density at radius 2 is 1.57 bits per heavy atom. The molecule has 6 nitrogen and oxygen atoms in total. The zero-order chi connectivity index (χ0) is 24.9. The second-order valence-electron chi connectivity index (χ2n) is 8.54. The number of hydrogen-bond acceptors (Lipinski definition) is 4. The molecular formula is C27H26Cl2N2O4. The largest absolute Gasteiger partial charge is 0.480 e. The number of aromatic nitrogens is 1. The molecule has 3 aromatic rings. The van der Waals surface area contributed by atoms with Gasteiger partial charge in [0.05, 0.1) is 6.04 Å². The molecule has 0 bridgehead atoms. The average Bonchev–Trinajstić information content (AvgIpc) is 2.85. The van der Waals surface area contributed by atoms with Gasteiger partial charge in [-0.25, -0.2) is 4.79 Å². The third-order valence-electron chi connectivity index (χ3n) is 6.19. The number of pyridine rings is 1. The first-order valence-corrected chi connectivity index (χ1v) is 12.2. The molecule has 4 rings (SSSR count). The summed E-state index contributed by atoms with van der Waals surface area (Å²) in [4.78, 5) is 31.9. The second kappa shape index (κ2) is 11.2. The monoisotopic (exact) mass is 512 g/mol. The Kier molecular flexibility index (Phi) is 8.06. The lowest BCUT2D eigenvalue weighted by molar-refractivity contribution is -0.184. The standard InChI is InChI=1S/C27H26Cl2N2O4/c1-2-3-22(27(33)34)31-24(18-4-8-20(28)9-5-18)25(19-6-10-21(29)11-7-19)35-23(26(31)32)16-17-12-14-30-15-13-17/h4-15,22-25H,2-3,16H2,1H3,(H,33,34)/t22-,23+,24-,25+/m1/s1. The molecule has 1 amide bonds. The summed E-state index contributed by atoms with van der Waals surface area (Å²) in [6, 6.07) is 16.3. The summed E-state index contributed by atoms with van der Waals surface area (Å²) in [6.07, 6.45) is 3.07. The molecule has 0 aliphatic carbocycles. The van der Waals surface area contributed by atoms with E-state index in [1.165, 1.54) is 4.90 Å². The van der Waals surface area contributed by atoms with Gasteiger partial charge in [-0.3, -0.25) is 9.78 Å². The van der Waals surface area contributed by atoms with E-state index in [1.54, 1.807) is 36.7 Å². The fraction of sp³-hybridized carbons (Fsp3) is 0.296. The summed E-state index contributed by atoms with van der Waals surface area (Å²) in [5, 5.41) is 11.3. The first-order chi connectivity index (χ1) is 16.9. The lowest BCUT2D eigenvalue weighted by Gasteiger charge is -2.47. The Bertz CT molecular complexity index is 1160. The van der Waals surface area contributed by atoms with E-state index < -0.39 is 30.3 Å². The number of carbonyl (C=O) groups excluding carboxylic acids is 1. The molecule has 0 unspecified atom stereocenters. The maximum Gasteiger partial charge on any atom is 0.326 e. The number of amides is 1. The van der Waals surface area contributed by atoms with Crippen molar-refractivity contribution in [2.45, 2.75) is 50.5 Å². The Hall–Kier alpha value is -2.93. The van der Waals surface area contributed by atoms with Gasteiger partial charge < -0.3 is 14.7 Å². The number of nitrogens with zero attached hydrogens (tertiary/aromatic N) is 2. The third kappa shape index (κ3) is 5.67. The number of morpholine rings is 1. The van der Waals surface area contributed by atoms with Crippen LogP contribution < -0.4 is 0 Å². The Morgan fingerprint density at radius 1 is 1.00 bits per heavy atom. The van der Waals surface area contributed by atoms with Crippen LogP contribution in [0, 0.1) is 0 Å². The van der Waals surface area contributed by atoms with Crippen molar-refractivity contribution in [2.24, 2.45) is 0 Å². The Labute approximate surface area is 214 Å². The highest BCUT2D eigenvalue weighted by Crippen LogP contribution is 2.44. The summed E-state index contributed by atoms with van der Waals surface area (Å²) in [6.45, 7) is 1.91. The van der Waals surface area contributed by atoms with Gasteiger partial charge >= 0.3 is 5.97 Å². The zero-order valence-electron chi connectivity index (χ0n) is 19.2. The maximum atomic E-state index is 13.9. The van der Waals surface area contributed by atoms with Gasteiger partial charge in [-0.2, -0.15) is 0 Å². The molecule has 2 heterocycles. The van der Waals surface area contributed by atoms with Crippen molar-refractivity contribution in [3.8, 4) is 0 Å². The molecule has 2 aromatic carbocycles.